The zero-order valence-electron chi connectivity index (χ0n) is 9.33. The van der Waals surface area contributed by atoms with Crippen LogP contribution in [0, 0.1) is 0 Å². The van der Waals surface area contributed by atoms with Gasteiger partial charge in [-0.15, -0.1) is 0 Å². The highest BCUT2D eigenvalue weighted by atomic mass is 35.5. The molecule has 0 radical (unpaired) electrons. The summed E-state index contributed by atoms with van der Waals surface area (Å²) >= 11 is 5.74. The zero-order valence-corrected chi connectivity index (χ0v) is 10.1. The molecular formula is C11H6ClF2N5. The third-order valence-electron chi connectivity index (χ3n) is 2.48. The van der Waals surface area contributed by atoms with Crippen molar-refractivity contribution in [3.05, 3.63) is 35.7 Å². The third-order valence-corrected chi connectivity index (χ3v) is 2.70. The van der Waals surface area contributed by atoms with Crippen LogP contribution in [0.25, 0.3) is 22.6 Å². The van der Waals surface area contributed by atoms with E-state index in [1.807, 2.05) is 0 Å². The number of aromatic nitrogens is 5. The molecule has 0 bridgehead atoms. The van der Waals surface area contributed by atoms with Gasteiger partial charge in [0.05, 0.1) is 23.1 Å². The summed E-state index contributed by atoms with van der Waals surface area (Å²) < 4.78 is 25.7. The number of hydrogen-bond acceptors (Lipinski definition) is 4. The van der Waals surface area contributed by atoms with Crippen LogP contribution in [0.1, 0.15) is 6.55 Å². The Morgan fingerprint density at radius 1 is 1.05 bits per heavy atom. The molecule has 0 N–H and O–H groups in total. The highest BCUT2D eigenvalue weighted by Crippen LogP contribution is 2.20. The van der Waals surface area contributed by atoms with E-state index in [1.165, 1.54) is 18.6 Å². The first-order chi connectivity index (χ1) is 9.15. The number of hydrogen-bond donors (Lipinski definition) is 0. The van der Waals surface area contributed by atoms with Gasteiger partial charge in [0.15, 0.2) is 5.65 Å². The fourth-order valence-electron chi connectivity index (χ4n) is 1.63. The number of alkyl halides is 2. The molecule has 3 aromatic heterocycles. The quantitative estimate of drug-likeness (QED) is 0.725. The minimum atomic E-state index is -2.74. The van der Waals surface area contributed by atoms with Crippen LogP contribution < -0.4 is 0 Å². The van der Waals surface area contributed by atoms with E-state index in [0.29, 0.717) is 21.1 Å². The summed E-state index contributed by atoms with van der Waals surface area (Å²) in [6, 6.07) is 3.34. The Hall–Kier alpha value is -2.15. The van der Waals surface area contributed by atoms with E-state index in [2.05, 4.69) is 20.1 Å². The Labute approximate surface area is 110 Å². The summed E-state index contributed by atoms with van der Waals surface area (Å²) in [6.07, 6.45) is 4.10. The maximum atomic E-state index is 12.6. The van der Waals surface area contributed by atoms with Crippen molar-refractivity contribution in [2.24, 2.45) is 0 Å². The van der Waals surface area contributed by atoms with Crippen LogP contribution in [0.15, 0.2) is 30.7 Å². The molecule has 0 spiro atoms. The van der Waals surface area contributed by atoms with Gasteiger partial charge < -0.3 is 0 Å². The van der Waals surface area contributed by atoms with Crippen molar-refractivity contribution in [1.82, 2.24) is 24.7 Å². The SMILES string of the molecule is FC(F)n1ncc2nc(-c3ccc(Cl)cn3)cnc21. The molecule has 3 heterocycles. The van der Waals surface area contributed by atoms with Crippen molar-refractivity contribution in [3.8, 4) is 11.4 Å². The molecule has 8 heteroatoms. The lowest BCUT2D eigenvalue weighted by atomic mass is 10.3. The highest BCUT2D eigenvalue weighted by Gasteiger charge is 2.14. The highest BCUT2D eigenvalue weighted by molar-refractivity contribution is 6.30. The van der Waals surface area contributed by atoms with Gasteiger partial charge in [-0.1, -0.05) is 11.6 Å². The second kappa shape index (κ2) is 4.51. The van der Waals surface area contributed by atoms with Crippen LogP contribution in [0.4, 0.5) is 8.78 Å². The van der Waals surface area contributed by atoms with Crippen LogP contribution in [0.2, 0.25) is 5.02 Å². The van der Waals surface area contributed by atoms with Gasteiger partial charge >= 0.3 is 6.55 Å². The van der Waals surface area contributed by atoms with Gasteiger partial charge in [0.1, 0.15) is 11.2 Å². The van der Waals surface area contributed by atoms with Crippen molar-refractivity contribution in [2.75, 3.05) is 0 Å². The van der Waals surface area contributed by atoms with Crippen molar-refractivity contribution in [1.29, 1.82) is 0 Å². The average Bonchev–Trinajstić information content (AvgIpc) is 2.82. The topological polar surface area (TPSA) is 56.5 Å². The van der Waals surface area contributed by atoms with Crippen molar-refractivity contribution in [2.45, 2.75) is 6.55 Å². The maximum Gasteiger partial charge on any atom is 0.335 e. The van der Waals surface area contributed by atoms with Gasteiger partial charge in [0.25, 0.3) is 0 Å². The van der Waals surface area contributed by atoms with Crippen LogP contribution in [-0.4, -0.2) is 24.7 Å². The fourth-order valence-corrected chi connectivity index (χ4v) is 1.74. The third kappa shape index (κ3) is 2.12. The second-order valence-electron chi connectivity index (χ2n) is 3.69. The van der Waals surface area contributed by atoms with Crippen molar-refractivity contribution >= 4 is 22.8 Å². The molecule has 0 aromatic carbocycles. The van der Waals surface area contributed by atoms with Crippen LogP contribution in [-0.2, 0) is 0 Å². The van der Waals surface area contributed by atoms with E-state index in [0.717, 1.165) is 0 Å². The molecule has 0 unspecified atom stereocenters. The molecule has 0 fully saturated rings. The van der Waals surface area contributed by atoms with E-state index in [-0.39, 0.29) is 11.2 Å². The number of fused-ring (bicyclic) bond motifs is 1. The van der Waals surface area contributed by atoms with Crippen LogP contribution >= 0.6 is 11.6 Å². The first kappa shape index (κ1) is 11.9. The number of pyridine rings is 1. The van der Waals surface area contributed by atoms with Gasteiger partial charge in [0.2, 0.25) is 0 Å². The Kier molecular flexibility index (Phi) is 2.83. The van der Waals surface area contributed by atoms with E-state index in [9.17, 15) is 8.78 Å². The molecule has 96 valence electrons. The largest absolute Gasteiger partial charge is 0.335 e. The summed E-state index contributed by atoms with van der Waals surface area (Å²) in [6.45, 7) is -2.74. The smallest absolute Gasteiger partial charge is 0.253 e. The molecule has 3 rings (SSSR count). The fraction of sp³-hybridized carbons (Fsp3) is 0.0909. The molecule has 0 amide bonds. The summed E-state index contributed by atoms with van der Waals surface area (Å²) in [5.41, 5.74) is 1.35. The van der Waals surface area contributed by atoms with Gasteiger partial charge in [0, 0.05) is 6.20 Å². The number of rotatable bonds is 2. The molecule has 5 nitrogen and oxygen atoms in total. The average molecular weight is 282 g/mol. The molecule has 0 atom stereocenters. The lowest BCUT2D eigenvalue weighted by Gasteiger charge is -2.01. The van der Waals surface area contributed by atoms with E-state index in [4.69, 9.17) is 11.6 Å². The molecule has 0 aliphatic carbocycles. The van der Waals surface area contributed by atoms with E-state index in [1.54, 1.807) is 12.1 Å². The Morgan fingerprint density at radius 2 is 1.89 bits per heavy atom. The summed E-state index contributed by atoms with van der Waals surface area (Å²) in [5.74, 6) is 0. The number of nitrogens with zero attached hydrogens (tertiary/aromatic N) is 5. The first-order valence-electron chi connectivity index (χ1n) is 5.25. The molecule has 19 heavy (non-hydrogen) atoms. The van der Waals surface area contributed by atoms with Gasteiger partial charge in [-0.25, -0.2) is 9.97 Å². The van der Waals surface area contributed by atoms with E-state index >= 15 is 0 Å². The Balaban J connectivity index is 2.09. The normalized spacial score (nSPS) is 11.4. The van der Waals surface area contributed by atoms with Crippen molar-refractivity contribution in [3.63, 3.8) is 0 Å². The van der Waals surface area contributed by atoms with Crippen LogP contribution in [0.3, 0.4) is 0 Å². The molecule has 3 aromatic rings. The Bertz CT molecular complexity index is 726. The van der Waals surface area contributed by atoms with Gasteiger partial charge in [-0.2, -0.15) is 18.6 Å². The lowest BCUT2D eigenvalue weighted by molar-refractivity contribution is 0.0608. The predicted octanol–water partition coefficient (Wildman–Crippen LogP) is 2.94. The predicted molar refractivity (Wildman–Crippen MR) is 64.8 cm³/mol. The number of halogens is 3. The molecule has 0 aliphatic rings. The minimum absolute atomic E-state index is 0.0349. The summed E-state index contributed by atoms with van der Waals surface area (Å²) in [7, 11) is 0. The molecule has 0 saturated heterocycles. The maximum absolute atomic E-state index is 12.6. The first-order valence-corrected chi connectivity index (χ1v) is 5.63. The molecular weight excluding hydrogens is 276 g/mol. The minimum Gasteiger partial charge on any atom is -0.253 e. The second-order valence-corrected chi connectivity index (χ2v) is 4.13. The van der Waals surface area contributed by atoms with Crippen molar-refractivity contribution < 1.29 is 8.78 Å². The standard InChI is InChI=1S/C11H6ClF2N5/c12-6-1-2-7(15-3-6)8-4-16-10-9(18-8)5-17-19(10)11(13)14/h1-5,11H. The molecule has 0 aliphatic heterocycles. The summed E-state index contributed by atoms with van der Waals surface area (Å²) in [5, 5.41) is 4.05. The molecule has 0 saturated carbocycles. The summed E-state index contributed by atoms with van der Waals surface area (Å²) in [4.78, 5) is 12.2. The van der Waals surface area contributed by atoms with E-state index < -0.39 is 6.55 Å². The Morgan fingerprint density at radius 3 is 2.58 bits per heavy atom. The monoisotopic (exact) mass is 281 g/mol. The van der Waals surface area contributed by atoms with Crippen LogP contribution in [0.5, 0.6) is 0 Å². The van der Waals surface area contributed by atoms with Gasteiger partial charge in [-0.05, 0) is 12.1 Å². The van der Waals surface area contributed by atoms with Gasteiger partial charge in [-0.3, -0.25) is 4.98 Å². The zero-order chi connectivity index (χ0) is 13.4. The lowest BCUT2D eigenvalue weighted by Crippen LogP contribution is -2.01.